The molecule has 1 aromatic carbocycles. The van der Waals surface area contributed by atoms with E-state index in [1.807, 2.05) is 0 Å². The highest BCUT2D eigenvalue weighted by Crippen LogP contribution is 2.39. The molecule has 0 bridgehead atoms. The summed E-state index contributed by atoms with van der Waals surface area (Å²) in [4.78, 5) is 24.2. The Kier molecular flexibility index (Phi) is 3.83. The summed E-state index contributed by atoms with van der Waals surface area (Å²) >= 11 is 0. The van der Waals surface area contributed by atoms with E-state index in [-0.39, 0.29) is 25.6 Å². The minimum atomic E-state index is -0.536. The SMILES string of the molecule is CCOC(=O)c1c(C)nnn1Cc1cc(=O)oc2c3c(ccc12)OCO3. The molecule has 0 atom stereocenters. The summed E-state index contributed by atoms with van der Waals surface area (Å²) in [5.74, 6) is 0.392. The minimum Gasteiger partial charge on any atom is -0.461 e. The van der Waals surface area contributed by atoms with Gasteiger partial charge in [-0.3, -0.25) is 0 Å². The molecule has 9 heteroatoms. The number of fused-ring (bicyclic) bond motifs is 3. The predicted molar refractivity (Wildman–Crippen MR) is 88.4 cm³/mol. The van der Waals surface area contributed by atoms with E-state index in [9.17, 15) is 9.59 Å². The maximum atomic E-state index is 12.2. The molecule has 0 saturated heterocycles. The van der Waals surface area contributed by atoms with E-state index in [2.05, 4.69) is 10.3 Å². The Bertz CT molecular complexity index is 1070. The zero-order chi connectivity index (χ0) is 18.3. The summed E-state index contributed by atoms with van der Waals surface area (Å²) in [5, 5.41) is 8.61. The van der Waals surface area contributed by atoms with E-state index in [0.29, 0.717) is 33.7 Å². The Morgan fingerprint density at radius 1 is 1.35 bits per heavy atom. The van der Waals surface area contributed by atoms with Gasteiger partial charge in [-0.05, 0) is 31.5 Å². The number of aromatic nitrogens is 3. The van der Waals surface area contributed by atoms with E-state index in [1.165, 1.54) is 10.7 Å². The van der Waals surface area contributed by atoms with Gasteiger partial charge in [-0.25, -0.2) is 14.3 Å². The Labute approximate surface area is 147 Å². The lowest BCUT2D eigenvalue weighted by Gasteiger charge is -2.09. The zero-order valence-electron chi connectivity index (χ0n) is 14.1. The fraction of sp³-hybridized carbons (Fsp3) is 0.294. The smallest absolute Gasteiger partial charge is 0.358 e. The van der Waals surface area contributed by atoms with Crippen LogP contribution >= 0.6 is 0 Å². The van der Waals surface area contributed by atoms with Gasteiger partial charge in [-0.2, -0.15) is 0 Å². The van der Waals surface area contributed by atoms with Crippen molar-refractivity contribution >= 4 is 16.9 Å². The van der Waals surface area contributed by atoms with E-state index >= 15 is 0 Å². The van der Waals surface area contributed by atoms with Crippen LogP contribution in [0.4, 0.5) is 0 Å². The van der Waals surface area contributed by atoms with Crippen LogP contribution in [0.15, 0.2) is 27.4 Å². The van der Waals surface area contributed by atoms with Crippen LogP contribution in [0.25, 0.3) is 11.0 Å². The maximum absolute atomic E-state index is 12.2. The maximum Gasteiger partial charge on any atom is 0.358 e. The lowest BCUT2D eigenvalue weighted by molar-refractivity contribution is 0.0511. The van der Waals surface area contributed by atoms with Crippen molar-refractivity contribution in [3.63, 3.8) is 0 Å². The largest absolute Gasteiger partial charge is 0.461 e. The molecule has 4 rings (SSSR count). The molecule has 9 nitrogen and oxygen atoms in total. The van der Waals surface area contributed by atoms with Gasteiger partial charge in [0.2, 0.25) is 12.5 Å². The second-order valence-corrected chi connectivity index (χ2v) is 5.67. The molecular formula is C17H15N3O6. The summed E-state index contributed by atoms with van der Waals surface area (Å²) in [6, 6.07) is 4.87. The van der Waals surface area contributed by atoms with Gasteiger partial charge in [-0.1, -0.05) is 5.21 Å². The Balaban J connectivity index is 1.82. The number of hydrogen-bond donors (Lipinski definition) is 0. The highest BCUT2D eigenvalue weighted by atomic mass is 16.7. The second kappa shape index (κ2) is 6.17. The van der Waals surface area contributed by atoms with Gasteiger partial charge >= 0.3 is 11.6 Å². The van der Waals surface area contributed by atoms with E-state index in [1.54, 1.807) is 26.0 Å². The van der Waals surface area contributed by atoms with Crippen molar-refractivity contribution in [1.29, 1.82) is 0 Å². The highest BCUT2D eigenvalue weighted by Gasteiger charge is 2.23. The molecule has 0 saturated carbocycles. The molecular weight excluding hydrogens is 342 g/mol. The molecule has 3 aromatic rings. The average Bonchev–Trinajstić information content (AvgIpc) is 3.22. The molecule has 3 heterocycles. The number of carbonyl (C=O) groups is 1. The molecule has 134 valence electrons. The monoisotopic (exact) mass is 357 g/mol. The topological polar surface area (TPSA) is 106 Å². The molecule has 0 N–H and O–H groups in total. The van der Waals surface area contributed by atoms with Gasteiger partial charge in [0.1, 0.15) is 0 Å². The van der Waals surface area contributed by atoms with Gasteiger partial charge in [0.25, 0.3) is 0 Å². The fourth-order valence-corrected chi connectivity index (χ4v) is 2.91. The van der Waals surface area contributed by atoms with Crippen molar-refractivity contribution in [2.75, 3.05) is 13.4 Å². The molecule has 2 aromatic heterocycles. The van der Waals surface area contributed by atoms with Gasteiger partial charge in [0, 0.05) is 11.5 Å². The Hall–Kier alpha value is -3.36. The van der Waals surface area contributed by atoms with Crippen LogP contribution in [0.2, 0.25) is 0 Å². The first-order valence-electron chi connectivity index (χ1n) is 8.01. The molecule has 1 aliphatic rings. The number of benzene rings is 1. The Morgan fingerprint density at radius 2 is 2.19 bits per heavy atom. The Morgan fingerprint density at radius 3 is 3.00 bits per heavy atom. The van der Waals surface area contributed by atoms with Crippen LogP contribution < -0.4 is 15.1 Å². The van der Waals surface area contributed by atoms with Crippen LogP contribution in [0.5, 0.6) is 11.5 Å². The van der Waals surface area contributed by atoms with E-state index in [0.717, 1.165) is 0 Å². The summed E-state index contributed by atoms with van der Waals surface area (Å²) in [6.07, 6.45) is 0. The molecule has 0 radical (unpaired) electrons. The normalized spacial score (nSPS) is 12.5. The molecule has 0 amide bonds. The number of ether oxygens (including phenoxy) is 3. The number of esters is 1. The molecule has 0 spiro atoms. The standard InChI is InChI=1S/C17H15N3O6/c1-3-23-17(22)14-9(2)18-19-20(14)7-10-6-13(21)26-15-11(10)4-5-12-16(15)25-8-24-12/h4-6H,3,7-8H2,1-2H3. The van der Waals surface area contributed by atoms with Crippen LogP contribution in [-0.4, -0.2) is 34.4 Å². The van der Waals surface area contributed by atoms with Crippen LogP contribution in [0, 0.1) is 6.92 Å². The summed E-state index contributed by atoms with van der Waals surface area (Å²) in [6.45, 7) is 3.85. The van der Waals surface area contributed by atoms with Gasteiger partial charge in [0.15, 0.2) is 17.0 Å². The van der Waals surface area contributed by atoms with Crippen molar-refractivity contribution in [2.24, 2.45) is 0 Å². The van der Waals surface area contributed by atoms with E-state index < -0.39 is 11.6 Å². The highest BCUT2D eigenvalue weighted by molar-refractivity contribution is 5.90. The third-order valence-electron chi connectivity index (χ3n) is 4.03. The van der Waals surface area contributed by atoms with Gasteiger partial charge < -0.3 is 18.6 Å². The number of aryl methyl sites for hydroxylation is 1. The van der Waals surface area contributed by atoms with E-state index in [4.69, 9.17) is 18.6 Å². The number of hydrogen-bond acceptors (Lipinski definition) is 8. The molecule has 0 aliphatic carbocycles. The van der Waals surface area contributed by atoms with Crippen LogP contribution in [-0.2, 0) is 11.3 Å². The van der Waals surface area contributed by atoms with Crippen molar-refractivity contribution in [1.82, 2.24) is 15.0 Å². The van der Waals surface area contributed by atoms with Gasteiger partial charge in [0.05, 0.1) is 18.8 Å². The lowest BCUT2D eigenvalue weighted by atomic mass is 10.1. The van der Waals surface area contributed by atoms with Crippen LogP contribution in [0.1, 0.15) is 28.7 Å². The average molecular weight is 357 g/mol. The van der Waals surface area contributed by atoms with Crippen molar-refractivity contribution < 1.29 is 23.4 Å². The fourth-order valence-electron chi connectivity index (χ4n) is 2.91. The molecule has 1 aliphatic heterocycles. The van der Waals surface area contributed by atoms with Crippen molar-refractivity contribution in [3.8, 4) is 11.5 Å². The lowest BCUT2D eigenvalue weighted by Crippen LogP contribution is -2.16. The first kappa shape index (κ1) is 16.1. The zero-order valence-corrected chi connectivity index (χ0v) is 14.1. The third kappa shape index (κ3) is 2.57. The quantitative estimate of drug-likeness (QED) is 0.512. The van der Waals surface area contributed by atoms with Crippen LogP contribution in [0.3, 0.4) is 0 Å². The summed E-state index contributed by atoms with van der Waals surface area (Å²) in [5.41, 5.74) is 1.08. The number of nitrogens with zero attached hydrogens (tertiary/aromatic N) is 3. The molecule has 0 fully saturated rings. The first-order valence-corrected chi connectivity index (χ1v) is 8.01. The van der Waals surface area contributed by atoms with Crippen molar-refractivity contribution in [3.05, 3.63) is 45.6 Å². The minimum absolute atomic E-state index is 0.0671. The molecule has 0 unspecified atom stereocenters. The first-order chi connectivity index (χ1) is 12.6. The number of rotatable bonds is 4. The second-order valence-electron chi connectivity index (χ2n) is 5.67. The molecule has 26 heavy (non-hydrogen) atoms. The van der Waals surface area contributed by atoms with Gasteiger partial charge in [-0.15, -0.1) is 5.10 Å². The summed E-state index contributed by atoms with van der Waals surface area (Å²) in [7, 11) is 0. The number of carbonyl (C=O) groups excluding carboxylic acids is 1. The third-order valence-corrected chi connectivity index (χ3v) is 4.03. The predicted octanol–water partition coefficient (Wildman–Crippen LogP) is 1.65. The van der Waals surface area contributed by atoms with Crippen molar-refractivity contribution in [2.45, 2.75) is 20.4 Å². The summed E-state index contributed by atoms with van der Waals surface area (Å²) < 4.78 is 22.5.